The molecule has 0 aliphatic carbocycles. The van der Waals surface area contributed by atoms with E-state index < -0.39 is 0 Å². The zero-order chi connectivity index (χ0) is 17.1. The van der Waals surface area contributed by atoms with Gasteiger partial charge in [0, 0.05) is 29.9 Å². The van der Waals surface area contributed by atoms with Crippen molar-refractivity contribution >= 4 is 17.3 Å². The second-order valence-electron chi connectivity index (χ2n) is 6.34. The molecule has 2 aromatic rings. The molecule has 1 aliphatic rings. The minimum absolute atomic E-state index is 0.110. The van der Waals surface area contributed by atoms with E-state index in [0.717, 1.165) is 31.1 Å². The highest BCUT2D eigenvalue weighted by Crippen LogP contribution is 2.23. The van der Waals surface area contributed by atoms with E-state index >= 15 is 0 Å². The molecular weight excluding hydrogens is 306 g/mol. The van der Waals surface area contributed by atoms with Crippen LogP contribution < -0.4 is 10.2 Å². The molecule has 0 radical (unpaired) electrons. The average Bonchev–Trinajstić information content (AvgIpc) is 3.06. The van der Waals surface area contributed by atoms with Crippen molar-refractivity contribution in [3.05, 3.63) is 42.1 Å². The van der Waals surface area contributed by atoms with E-state index in [1.165, 1.54) is 6.39 Å². The number of hydrogen-bond donors (Lipinski definition) is 1. The van der Waals surface area contributed by atoms with E-state index in [1.54, 1.807) is 0 Å². The summed E-state index contributed by atoms with van der Waals surface area (Å²) in [5.41, 5.74) is 2.21. The monoisotopic (exact) mass is 329 g/mol. The third-order valence-electron chi connectivity index (χ3n) is 4.16. The Morgan fingerprint density at radius 2 is 2.08 bits per heavy atom. The first-order chi connectivity index (χ1) is 11.6. The maximum atomic E-state index is 12.4. The molecule has 24 heavy (non-hydrogen) atoms. The first kappa shape index (κ1) is 16.5. The van der Waals surface area contributed by atoms with Crippen molar-refractivity contribution in [1.29, 1.82) is 0 Å². The molecule has 0 bridgehead atoms. The Bertz CT molecular complexity index is 694. The lowest BCUT2D eigenvalue weighted by atomic mass is 10.1. The molecule has 2 heterocycles. The quantitative estimate of drug-likeness (QED) is 0.932. The molecular formula is C18H23N3O3. The average molecular weight is 329 g/mol. The largest absolute Gasteiger partial charge is 0.447 e. The SMILES string of the molecule is CC(C)c1ocnc1C(=O)Nc1ccc(N2CCOCC2C)cc1. The van der Waals surface area contributed by atoms with Crippen LogP contribution >= 0.6 is 0 Å². The fourth-order valence-corrected chi connectivity index (χ4v) is 2.87. The van der Waals surface area contributed by atoms with Gasteiger partial charge < -0.3 is 19.4 Å². The summed E-state index contributed by atoms with van der Waals surface area (Å²) in [4.78, 5) is 18.7. The zero-order valence-electron chi connectivity index (χ0n) is 14.3. The van der Waals surface area contributed by atoms with E-state index in [-0.39, 0.29) is 11.8 Å². The number of rotatable bonds is 4. The van der Waals surface area contributed by atoms with Gasteiger partial charge in [-0.25, -0.2) is 4.98 Å². The van der Waals surface area contributed by atoms with Crippen LogP contribution in [0.1, 0.15) is 42.9 Å². The maximum Gasteiger partial charge on any atom is 0.277 e. The molecule has 3 rings (SSSR count). The van der Waals surface area contributed by atoms with Gasteiger partial charge in [-0.05, 0) is 31.2 Å². The van der Waals surface area contributed by atoms with Gasteiger partial charge in [0.1, 0.15) is 5.76 Å². The van der Waals surface area contributed by atoms with Gasteiger partial charge in [-0.3, -0.25) is 4.79 Å². The Labute approximate surface area is 141 Å². The van der Waals surface area contributed by atoms with Crippen LogP contribution in [0, 0.1) is 0 Å². The second kappa shape index (κ2) is 7.05. The van der Waals surface area contributed by atoms with Crippen LogP contribution in [0.15, 0.2) is 35.1 Å². The summed E-state index contributed by atoms with van der Waals surface area (Å²) < 4.78 is 10.8. The third-order valence-corrected chi connectivity index (χ3v) is 4.16. The minimum atomic E-state index is -0.250. The van der Waals surface area contributed by atoms with Crippen molar-refractivity contribution in [2.45, 2.75) is 32.7 Å². The zero-order valence-corrected chi connectivity index (χ0v) is 14.3. The summed E-state index contributed by atoms with van der Waals surface area (Å²) in [6.07, 6.45) is 1.31. The molecule has 128 valence electrons. The lowest BCUT2D eigenvalue weighted by Gasteiger charge is -2.35. The Morgan fingerprint density at radius 3 is 2.75 bits per heavy atom. The predicted octanol–water partition coefficient (Wildman–Crippen LogP) is 3.28. The Hall–Kier alpha value is -2.34. The number of carbonyl (C=O) groups is 1. The number of benzene rings is 1. The van der Waals surface area contributed by atoms with Crippen molar-refractivity contribution < 1.29 is 13.9 Å². The molecule has 1 N–H and O–H groups in total. The van der Waals surface area contributed by atoms with E-state index in [0.29, 0.717) is 17.5 Å². The summed E-state index contributed by atoms with van der Waals surface area (Å²) in [6, 6.07) is 8.20. The van der Waals surface area contributed by atoms with E-state index in [2.05, 4.69) is 22.1 Å². The molecule has 1 amide bonds. The molecule has 1 aromatic carbocycles. The fraction of sp³-hybridized carbons (Fsp3) is 0.444. The summed E-state index contributed by atoms with van der Waals surface area (Å²) in [5.74, 6) is 0.463. The smallest absolute Gasteiger partial charge is 0.277 e. The van der Waals surface area contributed by atoms with E-state index in [4.69, 9.17) is 9.15 Å². The van der Waals surface area contributed by atoms with Gasteiger partial charge in [0.2, 0.25) is 0 Å². The number of aromatic nitrogens is 1. The van der Waals surface area contributed by atoms with E-state index in [1.807, 2.05) is 38.1 Å². The number of carbonyl (C=O) groups excluding carboxylic acids is 1. The van der Waals surface area contributed by atoms with Crippen LogP contribution in [0.5, 0.6) is 0 Å². The number of nitrogens with one attached hydrogen (secondary N) is 1. The maximum absolute atomic E-state index is 12.4. The van der Waals surface area contributed by atoms with Gasteiger partial charge in [-0.2, -0.15) is 0 Å². The molecule has 6 heteroatoms. The number of hydrogen-bond acceptors (Lipinski definition) is 5. The highest BCUT2D eigenvalue weighted by Gasteiger charge is 2.20. The van der Waals surface area contributed by atoms with Crippen molar-refractivity contribution in [2.24, 2.45) is 0 Å². The normalized spacial score (nSPS) is 18.0. The highest BCUT2D eigenvalue weighted by molar-refractivity contribution is 6.03. The van der Waals surface area contributed by atoms with Crippen molar-refractivity contribution in [2.75, 3.05) is 30.0 Å². The number of nitrogens with zero attached hydrogens (tertiary/aromatic N) is 2. The van der Waals surface area contributed by atoms with Gasteiger partial charge in [-0.1, -0.05) is 13.8 Å². The fourth-order valence-electron chi connectivity index (χ4n) is 2.87. The Morgan fingerprint density at radius 1 is 1.33 bits per heavy atom. The summed E-state index contributed by atoms with van der Waals surface area (Å²) >= 11 is 0. The van der Waals surface area contributed by atoms with Gasteiger partial charge in [0.25, 0.3) is 5.91 Å². The first-order valence-electron chi connectivity index (χ1n) is 8.25. The summed E-state index contributed by atoms with van der Waals surface area (Å²) in [7, 11) is 0. The predicted molar refractivity (Wildman–Crippen MR) is 92.6 cm³/mol. The van der Waals surface area contributed by atoms with Gasteiger partial charge in [-0.15, -0.1) is 0 Å². The third kappa shape index (κ3) is 3.43. The minimum Gasteiger partial charge on any atom is -0.447 e. The van der Waals surface area contributed by atoms with Gasteiger partial charge in [0.15, 0.2) is 12.1 Å². The van der Waals surface area contributed by atoms with Gasteiger partial charge in [0.05, 0.1) is 13.2 Å². The van der Waals surface area contributed by atoms with Crippen LogP contribution in [0.25, 0.3) is 0 Å². The molecule has 0 spiro atoms. The molecule has 1 aliphatic heterocycles. The molecule has 1 saturated heterocycles. The molecule has 1 unspecified atom stereocenters. The lowest BCUT2D eigenvalue weighted by Crippen LogP contribution is -2.43. The first-order valence-corrected chi connectivity index (χ1v) is 8.25. The molecule has 1 fully saturated rings. The number of amides is 1. The lowest BCUT2D eigenvalue weighted by molar-refractivity contribution is 0.0989. The summed E-state index contributed by atoms with van der Waals surface area (Å²) in [6.45, 7) is 8.44. The summed E-state index contributed by atoms with van der Waals surface area (Å²) in [5, 5.41) is 2.88. The molecule has 0 saturated carbocycles. The van der Waals surface area contributed by atoms with Crippen LogP contribution in [-0.4, -0.2) is 36.7 Å². The van der Waals surface area contributed by atoms with Crippen LogP contribution in [0.3, 0.4) is 0 Å². The second-order valence-corrected chi connectivity index (χ2v) is 6.34. The van der Waals surface area contributed by atoms with Gasteiger partial charge >= 0.3 is 0 Å². The number of oxazole rings is 1. The molecule has 1 atom stereocenters. The van der Waals surface area contributed by atoms with Crippen LogP contribution in [-0.2, 0) is 4.74 Å². The number of morpholine rings is 1. The van der Waals surface area contributed by atoms with Crippen molar-refractivity contribution in [3.63, 3.8) is 0 Å². The molecule has 6 nitrogen and oxygen atoms in total. The topological polar surface area (TPSA) is 67.6 Å². The Balaban J connectivity index is 1.70. The highest BCUT2D eigenvalue weighted by atomic mass is 16.5. The van der Waals surface area contributed by atoms with Crippen molar-refractivity contribution in [1.82, 2.24) is 4.98 Å². The number of anilines is 2. The van der Waals surface area contributed by atoms with Crippen LogP contribution in [0.4, 0.5) is 11.4 Å². The molecule has 1 aromatic heterocycles. The van der Waals surface area contributed by atoms with E-state index in [9.17, 15) is 4.79 Å². The standard InChI is InChI=1S/C18H23N3O3/c1-12(2)17-16(19-11-24-17)18(22)20-14-4-6-15(7-5-14)21-8-9-23-10-13(21)3/h4-7,11-13H,8-10H2,1-3H3,(H,20,22). The Kier molecular flexibility index (Phi) is 4.85. The van der Waals surface area contributed by atoms with Crippen LogP contribution in [0.2, 0.25) is 0 Å². The van der Waals surface area contributed by atoms with Crippen molar-refractivity contribution in [3.8, 4) is 0 Å². The number of ether oxygens (including phenoxy) is 1.